The minimum absolute atomic E-state index is 1.04. The Bertz CT molecular complexity index is 174. The van der Waals surface area contributed by atoms with Crippen molar-refractivity contribution in [2.24, 2.45) is 0 Å². The van der Waals surface area contributed by atoms with Gasteiger partial charge in [0, 0.05) is 0 Å². The molecule has 0 amide bonds. The fourth-order valence-corrected chi connectivity index (χ4v) is 20.0. The molecule has 116 valence electrons. The van der Waals surface area contributed by atoms with Crippen LogP contribution in [0.2, 0.25) is 16.7 Å². The van der Waals surface area contributed by atoms with Crippen LogP contribution in [0.4, 0.5) is 0 Å². The van der Waals surface area contributed by atoms with E-state index in [0.717, 1.165) is 7.87 Å². The Balaban J connectivity index is 4.41. The molecule has 0 aliphatic rings. The first-order valence-corrected chi connectivity index (χ1v) is 16.3. The van der Waals surface area contributed by atoms with Crippen LogP contribution in [0.25, 0.3) is 0 Å². The summed E-state index contributed by atoms with van der Waals surface area (Å²) in [5.41, 5.74) is 0. The molecule has 0 aromatic rings. The number of hydrogen-bond acceptors (Lipinski definition) is 0. The summed E-state index contributed by atoms with van der Waals surface area (Å²) in [6.07, 6.45) is 11.7. The van der Waals surface area contributed by atoms with Gasteiger partial charge in [0.1, 0.15) is 0 Å². The van der Waals surface area contributed by atoms with Crippen molar-refractivity contribution in [1.29, 1.82) is 0 Å². The molecule has 19 heavy (non-hydrogen) atoms. The summed E-state index contributed by atoms with van der Waals surface area (Å²) < 4.78 is 5.40. The fraction of sp³-hybridized carbons (Fsp3) is 1.00. The van der Waals surface area contributed by atoms with E-state index in [1.54, 1.807) is 8.87 Å². The quantitative estimate of drug-likeness (QED) is 0.246. The summed E-state index contributed by atoms with van der Waals surface area (Å²) in [6, 6.07) is 0. The van der Waals surface area contributed by atoms with Crippen LogP contribution in [0.15, 0.2) is 0 Å². The Hall–Kier alpha value is 0.799. The van der Waals surface area contributed by atoms with Gasteiger partial charge in [0.15, 0.2) is 0 Å². The summed E-state index contributed by atoms with van der Waals surface area (Å²) in [6.45, 7) is 14.9. The molecule has 0 nitrogen and oxygen atoms in total. The van der Waals surface area contributed by atoms with Crippen molar-refractivity contribution in [2.75, 3.05) is 0 Å². The van der Waals surface area contributed by atoms with Gasteiger partial charge in [-0.3, -0.25) is 0 Å². The van der Waals surface area contributed by atoms with Crippen molar-refractivity contribution in [3.8, 4) is 0 Å². The second-order valence-corrected chi connectivity index (χ2v) is 23.6. The molecule has 0 bridgehead atoms. The van der Waals surface area contributed by atoms with Gasteiger partial charge in [0.05, 0.1) is 0 Å². The van der Waals surface area contributed by atoms with Gasteiger partial charge >= 0.3 is 128 Å². The monoisotopic (exact) mass is 376 g/mol. The number of unbranched alkanes of at least 4 members (excludes halogenated alkanes) is 6. The molecule has 0 atom stereocenters. The van der Waals surface area contributed by atoms with Crippen LogP contribution in [0.1, 0.15) is 92.9 Å². The van der Waals surface area contributed by atoms with Crippen molar-refractivity contribution in [3.63, 3.8) is 0 Å². The van der Waals surface area contributed by atoms with E-state index in [1.807, 2.05) is 0 Å². The molecule has 0 aromatic heterocycles. The van der Waals surface area contributed by atoms with Gasteiger partial charge in [-0.1, -0.05) is 0 Å². The third kappa shape index (κ3) is 7.39. The van der Waals surface area contributed by atoms with Gasteiger partial charge in [-0.15, -0.1) is 0 Å². The van der Waals surface area contributed by atoms with Gasteiger partial charge in [0.2, 0.25) is 0 Å². The fourth-order valence-electron chi connectivity index (χ4n) is 3.71. The zero-order valence-corrected chi connectivity index (χ0v) is 17.6. The zero-order chi connectivity index (χ0) is 14.7. The molecule has 0 aliphatic heterocycles. The molecule has 0 aromatic carbocycles. The SMILES string of the molecule is CCCCC[CH2][Sn]([CH2]CCCCC)([CH](C)C)[CH](C)C. The summed E-state index contributed by atoms with van der Waals surface area (Å²) >= 11 is -1.89. The van der Waals surface area contributed by atoms with E-state index in [-0.39, 0.29) is 0 Å². The molecule has 1 heteroatoms. The van der Waals surface area contributed by atoms with Crippen LogP contribution < -0.4 is 0 Å². The minimum atomic E-state index is -1.89. The predicted octanol–water partition coefficient (Wildman–Crippen LogP) is 7.42. The first-order valence-electron chi connectivity index (χ1n) is 9.01. The normalized spacial score (nSPS) is 12.6. The van der Waals surface area contributed by atoms with E-state index in [4.69, 9.17) is 0 Å². The summed E-state index contributed by atoms with van der Waals surface area (Å²) in [5.74, 6) is 0. The van der Waals surface area contributed by atoms with Crippen molar-refractivity contribution in [2.45, 2.75) is 110 Å². The summed E-state index contributed by atoms with van der Waals surface area (Å²) in [7, 11) is 0. The van der Waals surface area contributed by atoms with Crippen LogP contribution >= 0.6 is 0 Å². The molecule has 0 rings (SSSR count). The van der Waals surface area contributed by atoms with Crippen molar-refractivity contribution < 1.29 is 0 Å². The predicted molar refractivity (Wildman–Crippen MR) is 93.8 cm³/mol. The molecule has 0 saturated heterocycles. The number of hydrogen-bond donors (Lipinski definition) is 0. The first kappa shape index (κ1) is 19.8. The number of rotatable bonds is 12. The third-order valence-corrected chi connectivity index (χ3v) is 25.8. The van der Waals surface area contributed by atoms with Crippen molar-refractivity contribution in [1.82, 2.24) is 0 Å². The Morgan fingerprint density at radius 2 is 0.947 bits per heavy atom. The Labute approximate surface area is 128 Å². The molecule has 0 fully saturated rings. The van der Waals surface area contributed by atoms with Crippen molar-refractivity contribution in [3.05, 3.63) is 0 Å². The van der Waals surface area contributed by atoms with Crippen LogP contribution in [0, 0.1) is 0 Å². The van der Waals surface area contributed by atoms with Crippen molar-refractivity contribution >= 4 is 18.4 Å². The Kier molecular flexibility index (Phi) is 11.9. The van der Waals surface area contributed by atoms with Gasteiger partial charge in [-0.05, 0) is 0 Å². The molecule has 0 radical (unpaired) electrons. The van der Waals surface area contributed by atoms with E-state index in [1.165, 1.54) is 51.4 Å². The van der Waals surface area contributed by atoms with Gasteiger partial charge in [-0.2, -0.15) is 0 Å². The van der Waals surface area contributed by atoms with Crippen LogP contribution in [-0.2, 0) is 0 Å². The average Bonchev–Trinajstić information content (AvgIpc) is 2.36. The topological polar surface area (TPSA) is 0 Å². The average molecular weight is 375 g/mol. The van der Waals surface area contributed by atoms with E-state index in [2.05, 4.69) is 41.5 Å². The zero-order valence-electron chi connectivity index (χ0n) is 14.7. The maximum absolute atomic E-state index is 2.55. The maximum atomic E-state index is 2.55. The standard InChI is InChI=1S/2C6H13.2C3H7.Sn/c2*1-3-5-6-4-2;2*1-3-2;/h2*1,3-6H2,2H3;2*3H,1-2H3;. The van der Waals surface area contributed by atoms with E-state index in [0.29, 0.717) is 0 Å². The van der Waals surface area contributed by atoms with Gasteiger partial charge in [-0.25, -0.2) is 0 Å². The second kappa shape index (κ2) is 11.5. The van der Waals surface area contributed by atoms with E-state index in [9.17, 15) is 0 Å². The summed E-state index contributed by atoms with van der Waals surface area (Å²) in [5, 5.41) is 0. The molecule has 0 saturated carbocycles. The van der Waals surface area contributed by atoms with Crippen LogP contribution in [-0.4, -0.2) is 18.4 Å². The van der Waals surface area contributed by atoms with Gasteiger partial charge < -0.3 is 0 Å². The summed E-state index contributed by atoms with van der Waals surface area (Å²) in [4.78, 5) is 0. The molecular weight excluding hydrogens is 335 g/mol. The Morgan fingerprint density at radius 1 is 0.579 bits per heavy atom. The van der Waals surface area contributed by atoms with E-state index < -0.39 is 18.4 Å². The molecular formula is C18H40Sn. The molecule has 0 aliphatic carbocycles. The third-order valence-electron chi connectivity index (χ3n) is 5.29. The van der Waals surface area contributed by atoms with E-state index >= 15 is 0 Å². The van der Waals surface area contributed by atoms with Crippen LogP contribution in [0.3, 0.4) is 0 Å². The van der Waals surface area contributed by atoms with Crippen LogP contribution in [0.5, 0.6) is 0 Å². The Morgan fingerprint density at radius 3 is 1.21 bits per heavy atom. The molecule has 0 unspecified atom stereocenters. The molecule has 0 spiro atoms. The first-order chi connectivity index (χ1) is 9.01. The molecule has 0 heterocycles. The molecule has 0 N–H and O–H groups in total. The van der Waals surface area contributed by atoms with Gasteiger partial charge in [0.25, 0.3) is 0 Å². The second-order valence-electron chi connectivity index (χ2n) is 7.16.